The van der Waals surface area contributed by atoms with E-state index in [1.165, 1.54) is 12.8 Å². The van der Waals surface area contributed by atoms with E-state index in [1.807, 2.05) is 29.8 Å². The summed E-state index contributed by atoms with van der Waals surface area (Å²) in [5.74, 6) is 0. The van der Waals surface area contributed by atoms with Gasteiger partial charge in [-0.05, 0) is 45.7 Å². The molecule has 0 spiro atoms. The highest BCUT2D eigenvalue weighted by molar-refractivity contribution is 5.07. The number of aryl methyl sites for hydroxylation is 2. The molecular weight excluding hydrogens is 224 g/mol. The molecule has 1 N–H and O–H groups in total. The average Bonchev–Trinajstić information content (AvgIpc) is 2.37. The predicted octanol–water partition coefficient (Wildman–Crippen LogP) is 2.72. The molecule has 0 aliphatic carbocycles. The Labute approximate surface area is 110 Å². The molecule has 1 aromatic heterocycles. The van der Waals surface area contributed by atoms with E-state index in [-0.39, 0.29) is 5.56 Å². The first kappa shape index (κ1) is 15.0. The van der Waals surface area contributed by atoms with Gasteiger partial charge in [0.05, 0.1) is 0 Å². The molecule has 0 saturated carbocycles. The van der Waals surface area contributed by atoms with Crippen LogP contribution in [0.1, 0.15) is 45.1 Å². The lowest BCUT2D eigenvalue weighted by atomic mass is 10.1. The van der Waals surface area contributed by atoms with E-state index in [1.54, 1.807) is 0 Å². The van der Waals surface area contributed by atoms with Crippen molar-refractivity contribution in [3.05, 3.63) is 34.2 Å². The van der Waals surface area contributed by atoms with Crippen molar-refractivity contribution >= 4 is 0 Å². The second kappa shape index (κ2) is 8.09. The summed E-state index contributed by atoms with van der Waals surface area (Å²) in [6, 6.07) is 4.40. The number of hydrogen-bond acceptors (Lipinski definition) is 2. The van der Waals surface area contributed by atoms with Gasteiger partial charge in [-0.25, -0.2) is 0 Å². The second-order valence-corrected chi connectivity index (χ2v) is 5.04. The van der Waals surface area contributed by atoms with Crippen molar-refractivity contribution in [2.24, 2.45) is 0 Å². The summed E-state index contributed by atoms with van der Waals surface area (Å²) in [4.78, 5) is 11.8. The molecule has 1 heterocycles. The van der Waals surface area contributed by atoms with Crippen LogP contribution in [0.5, 0.6) is 0 Å². The Morgan fingerprint density at radius 1 is 1.39 bits per heavy atom. The summed E-state index contributed by atoms with van der Waals surface area (Å²) in [7, 11) is 0. The Balaban J connectivity index is 2.26. The van der Waals surface area contributed by atoms with E-state index >= 15 is 0 Å². The highest BCUT2D eigenvalue weighted by Gasteiger charge is 2.01. The van der Waals surface area contributed by atoms with E-state index in [9.17, 15) is 4.79 Å². The Kier molecular flexibility index (Phi) is 6.73. The minimum Gasteiger partial charge on any atom is -0.315 e. The lowest BCUT2D eigenvalue weighted by Gasteiger charge is -2.13. The number of aromatic nitrogens is 1. The van der Waals surface area contributed by atoms with Crippen LogP contribution in [0, 0.1) is 6.92 Å². The molecule has 102 valence electrons. The van der Waals surface area contributed by atoms with Crippen LogP contribution in [0.15, 0.2) is 23.1 Å². The molecule has 1 atom stereocenters. The monoisotopic (exact) mass is 250 g/mol. The van der Waals surface area contributed by atoms with Gasteiger partial charge in [0.25, 0.3) is 5.56 Å². The summed E-state index contributed by atoms with van der Waals surface area (Å²) in [6.07, 6.45) is 6.48. The molecule has 3 heteroatoms. The van der Waals surface area contributed by atoms with E-state index in [0.717, 1.165) is 31.5 Å². The zero-order valence-electron chi connectivity index (χ0n) is 11.9. The summed E-state index contributed by atoms with van der Waals surface area (Å²) in [5.41, 5.74) is 0.977. The fraction of sp³-hybridized carbons (Fsp3) is 0.667. The maximum atomic E-state index is 11.8. The standard InChI is InChI=1S/C15H26N2O/c1-4-10-16-14(3)9-5-6-11-17-12-7-8-13(2)15(17)18/h7-8,12,14,16H,4-6,9-11H2,1-3H3. The topological polar surface area (TPSA) is 34.0 Å². The molecule has 0 aliphatic rings. The highest BCUT2D eigenvalue weighted by Crippen LogP contribution is 2.02. The fourth-order valence-corrected chi connectivity index (χ4v) is 2.06. The number of unbranched alkanes of at least 4 members (excludes halogenated alkanes) is 1. The van der Waals surface area contributed by atoms with Crippen LogP contribution in [-0.2, 0) is 6.54 Å². The van der Waals surface area contributed by atoms with Crippen molar-refractivity contribution in [2.45, 2.75) is 59.0 Å². The predicted molar refractivity (Wildman–Crippen MR) is 77.0 cm³/mol. The van der Waals surface area contributed by atoms with Gasteiger partial charge in [-0.1, -0.05) is 19.4 Å². The summed E-state index contributed by atoms with van der Waals surface area (Å²) < 4.78 is 1.82. The van der Waals surface area contributed by atoms with Gasteiger partial charge in [0.1, 0.15) is 0 Å². The molecule has 1 rings (SSSR count). The van der Waals surface area contributed by atoms with E-state index in [0.29, 0.717) is 6.04 Å². The molecule has 0 saturated heterocycles. The van der Waals surface area contributed by atoms with E-state index in [4.69, 9.17) is 0 Å². The summed E-state index contributed by atoms with van der Waals surface area (Å²) in [5, 5.41) is 3.48. The SMILES string of the molecule is CCCNC(C)CCCCn1cccc(C)c1=O. The fourth-order valence-electron chi connectivity index (χ4n) is 2.06. The Hall–Kier alpha value is -1.09. The van der Waals surface area contributed by atoms with Crippen LogP contribution in [0.2, 0.25) is 0 Å². The third kappa shape index (κ3) is 5.05. The van der Waals surface area contributed by atoms with E-state index in [2.05, 4.69) is 19.2 Å². The van der Waals surface area contributed by atoms with Gasteiger partial charge in [0.15, 0.2) is 0 Å². The smallest absolute Gasteiger partial charge is 0.253 e. The Morgan fingerprint density at radius 2 is 2.17 bits per heavy atom. The number of pyridine rings is 1. The van der Waals surface area contributed by atoms with Crippen molar-refractivity contribution in [3.63, 3.8) is 0 Å². The minimum absolute atomic E-state index is 0.148. The maximum absolute atomic E-state index is 11.8. The van der Waals surface area contributed by atoms with Gasteiger partial charge in [-0.15, -0.1) is 0 Å². The third-order valence-corrected chi connectivity index (χ3v) is 3.24. The normalized spacial score (nSPS) is 12.6. The number of hydrogen-bond donors (Lipinski definition) is 1. The van der Waals surface area contributed by atoms with Crippen LogP contribution >= 0.6 is 0 Å². The maximum Gasteiger partial charge on any atom is 0.253 e. The minimum atomic E-state index is 0.148. The Bertz CT molecular complexity index is 398. The Morgan fingerprint density at radius 3 is 2.89 bits per heavy atom. The van der Waals surface area contributed by atoms with Crippen LogP contribution in [0.3, 0.4) is 0 Å². The molecule has 0 bridgehead atoms. The average molecular weight is 250 g/mol. The first-order chi connectivity index (χ1) is 8.65. The lowest BCUT2D eigenvalue weighted by Crippen LogP contribution is -2.26. The molecule has 0 amide bonds. The third-order valence-electron chi connectivity index (χ3n) is 3.24. The molecule has 18 heavy (non-hydrogen) atoms. The van der Waals surface area contributed by atoms with E-state index < -0.39 is 0 Å². The molecule has 0 radical (unpaired) electrons. The van der Waals surface area contributed by atoms with Crippen molar-refractivity contribution in [1.29, 1.82) is 0 Å². The molecule has 1 unspecified atom stereocenters. The van der Waals surface area contributed by atoms with Gasteiger partial charge in [-0.3, -0.25) is 4.79 Å². The summed E-state index contributed by atoms with van der Waals surface area (Å²) >= 11 is 0. The van der Waals surface area contributed by atoms with Crippen molar-refractivity contribution in [1.82, 2.24) is 9.88 Å². The molecule has 0 fully saturated rings. The van der Waals surface area contributed by atoms with Crippen molar-refractivity contribution < 1.29 is 0 Å². The first-order valence-electron chi connectivity index (χ1n) is 7.04. The molecule has 0 aliphatic heterocycles. The zero-order chi connectivity index (χ0) is 13.4. The van der Waals surface area contributed by atoms with Crippen LogP contribution < -0.4 is 10.9 Å². The van der Waals surface area contributed by atoms with Gasteiger partial charge >= 0.3 is 0 Å². The molecule has 3 nitrogen and oxygen atoms in total. The van der Waals surface area contributed by atoms with Gasteiger partial charge in [0, 0.05) is 24.3 Å². The highest BCUT2D eigenvalue weighted by atomic mass is 16.1. The molecule has 1 aromatic rings. The van der Waals surface area contributed by atoms with Crippen molar-refractivity contribution in [3.8, 4) is 0 Å². The van der Waals surface area contributed by atoms with Crippen LogP contribution in [-0.4, -0.2) is 17.2 Å². The first-order valence-corrected chi connectivity index (χ1v) is 7.04. The van der Waals surface area contributed by atoms with Gasteiger partial charge < -0.3 is 9.88 Å². The van der Waals surface area contributed by atoms with Crippen LogP contribution in [0.4, 0.5) is 0 Å². The van der Waals surface area contributed by atoms with Crippen LogP contribution in [0.25, 0.3) is 0 Å². The second-order valence-electron chi connectivity index (χ2n) is 5.04. The van der Waals surface area contributed by atoms with Gasteiger partial charge in [0.2, 0.25) is 0 Å². The zero-order valence-corrected chi connectivity index (χ0v) is 11.9. The number of nitrogens with one attached hydrogen (secondary N) is 1. The largest absolute Gasteiger partial charge is 0.315 e. The quantitative estimate of drug-likeness (QED) is 0.720. The van der Waals surface area contributed by atoms with Gasteiger partial charge in [-0.2, -0.15) is 0 Å². The molecule has 0 aromatic carbocycles. The van der Waals surface area contributed by atoms with Crippen molar-refractivity contribution in [2.75, 3.05) is 6.54 Å². The molecular formula is C15H26N2O. The number of nitrogens with zero attached hydrogens (tertiary/aromatic N) is 1. The number of rotatable bonds is 8. The lowest BCUT2D eigenvalue weighted by molar-refractivity contribution is 0.473. The summed E-state index contributed by atoms with van der Waals surface area (Å²) in [6.45, 7) is 8.22.